The molecule has 0 aliphatic heterocycles. The Kier molecular flexibility index (Phi) is 8.52. The number of aliphatic hydroxyl groups is 1. The number of ether oxygens (including phenoxy) is 1. The standard InChI is InChI=1S/C24H30FNO3/c1-5-6-7-8-19-21(13-14-22(28)29-4)26-24(16(2)3)20(15-27)23(19)17-9-11-18(25)12-10-17/h9-14,16,27H,5-8,15H2,1-4H3. The number of aromatic nitrogens is 1. The van der Waals surface area contributed by atoms with Crippen LogP contribution in [0.5, 0.6) is 0 Å². The van der Waals surface area contributed by atoms with E-state index < -0.39 is 5.97 Å². The number of halogens is 1. The van der Waals surface area contributed by atoms with Crippen molar-refractivity contribution < 1.29 is 19.0 Å². The predicted molar refractivity (Wildman–Crippen MR) is 114 cm³/mol. The highest BCUT2D eigenvalue weighted by Gasteiger charge is 2.21. The molecule has 1 aromatic heterocycles. The molecule has 1 N–H and O–H groups in total. The minimum atomic E-state index is -0.452. The van der Waals surface area contributed by atoms with Crippen LogP contribution in [0, 0.1) is 5.82 Å². The summed E-state index contributed by atoms with van der Waals surface area (Å²) in [4.78, 5) is 16.5. The van der Waals surface area contributed by atoms with E-state index >= 15 is 0 Å². The summed E-state index contributed by atoms with van der Waals surface area (Å²) in [5.41, 5.74) is 4.89. The van der Waals surface area contributed by atoms with Crippen molar-refractivity contribution in [3.05, 3.63) is 58.7 Å². The van der Waals surface area contributed by atoms with Crippen LogP contribution < -0.4 is 0 Å². The molecule has 0 aliphatic carbocycles. The van der Waals surface area contributed by atoms with Gasteiger partial charge in [-0.05, 0) is 53.7 Å². The zero-order valence-corrected chi connectivity index (χ0v) is 17.7. The Balaban J connectivity index is 2.78. The summed E-state index contributed by atoms with van der Waals surface area (Å²) in [6.45, 7) is 6.01. The quantitative estimate of drug-likeness (QED) is 0.347. The van der Waals surface area contributed by atoms with E-state index in [2.05, 4.69) is 6.92 Å². The van der Waals surface area contributed by atoms with Gasteiger partial charge >= 0.3 is 5.97 Å². The molecule has 0 aliphatic rings. The van der Waals surface area contributed by atoms with E-state index in [1.54, 1.807) is 18.2 Å². The Morgan fingerprint density at radius 2 is 1.90 bits per heavy atom. The summed E-state index contributed by atoms with van der Waals surface area (Å²) in [6.07, 6.45) is 6.88. The molecule has 0 radical (unpaired) electrons. The van der Waals surface area contributed by atoms with Gasteiger partial charge in [-0.15, -0.1) is 0 Å². The van der Waals surface area contributed by atoms with Crippen LogP contribution in [0.25, 0.3) is 17.2 Å². The number of unbranched alkanes of at least 4 members (excludes halogenated alkanes) is 2. The van der Waals surface area contributed by atoms with Crippen molar-refractivity contribution in [2.75, 3.05) is 7.11 Å². The van der Waals surface area contributed by atoms with Gasteiger partial charge in [0.1, 0.15) is 5.82 Å². The Labute approximate surface area is 172 Å². The second-order valence-electron chi connectivity index (χ2n) is 7.35. The zero-order chi connectivity index (χ0) is 21.4. The lowest BCUT2D eigenvalue weighted by atomic mass is 9.87. The van der Waals surface area contributed by atoms with Gasteiger partial charge in [0.15, 0.2) is 0 Å². The minimum absolute atomic E-state index is 0.0753. The number of rotatable bonds is 9. The lowest BCUT2D eigenvalue weighted by Gasteiger charge is -2.22. The zero-order valence-electron chi connectivity index (χ0n) is 17.7. The van der Waals surface area contributed by atoms with Crippen molar-refractivity contribution >= 4 is 12.0 Å². The van der Waals surface area contributed by atoms with Gasteiger partial charge in [-0.3, -0.25) is 4.98 Å². The maximum Gasteiger partial charge on any atom is 0.330 e. The number of hydrogen-bond acceptors (Lipinski definition) is 4. The van der Waals surface area contributed by atoms with E-state index in [0.717, 1.165) is 53.6 Å². The largest absolute Gasteiger partial charge is 0.466 e. The Hall–Kier alpha value is -2.53. The fourth-order valence-electron chi connectivity index (χ4n) is 3.46. The maximum absolute atomic E-state index is 13.5. The fourth-order valence-corrected chi connectivity index (χ4v) is 3.46. The summed E-state index contributed by atoms with van der Waals surface area (Å²) in [7, 11) is 1.33. The predicted octanol–water partition coefficient (Wildman–Crippen LogP) is 5.42. The maximum atomic E-state index is 13.5. The molecule has 0 spiro atoms. The summed E-state index contributed by atoms with van der Waals surface area (Å²) < 4.78 is 18.3. The minimum Gasteiger partial charge on any atom is -0.466 e. The molecule has 2 aromatic rings. The number of aliphatic hydroxyl groups excluding tert-OH is 1. The van der Waals surface area contributed by atoms with Crippen molar-refractivity contribution in [3.8, 4) is 11.1 Å². The van der Waals surface area contributed by atoms with Crippen LogP contribution in [0.2, 0.25) is 0 Å². The van der Waals surface area contributed by atoms with Gasteiger partial charge in [-0.2, -0.15) is 0 Å². The van der Waals surface area contributed by atoms with E-state index in [4.69, 9.17) is 9.72 Å². The lowest BCUT2D eigenvalue weighted by Crippen LogP contribution is -2.10. The summed E-state index contributed by atoms with van der Waals surface area (Å²) in [5.74, 6) is -0.686. The monoisotopic (exact) mass is 399 g/mol. The first-order chi connectivity index (χ1) is 13.9. The van der Waals surface area contributed by atoms with Crippen LogP contribution in [-0.2, 0) is 22.6 Å². The Morgan fingerprint density at radius 3 is 2.45 bits per heavy atom. The van der Waals surface area contributed by atoms with E-state index in [-0.39, 0.29) is 18.3 Å². The Morgan fingerprint density at radius 1 is 1.21 bits per heavy atom. The van der Waals surface area contributed by atoms with E-state index in [9.17, 15) is 14.3 Å². The molecule has 0 bridgehead atoms. The van der Waals surface area contributed by atoms with E-state index in [1.165, 1.54) is 25.3 Å². The summed E-state index contributed by atoms with van der Waals surface area (Å²) >= 11 is 0. The van der Waals surface area contributed by atoms with Crippen molar-refractivity contribution in [1.82, 2.24) is 4.98 Å². The van der Waals surface area contributed by atoms with Gasteiger partial charge in [0.2, 0.25) is 0 Å². The highest BCUT2D eigenvalue weighted by molar-refractivity contribution is 5.87. The van der Waals surface area contributed by atoms with Crippen molar-refractivity contribution in [1.29, 1.82) is 0 Å². The smallest absolute Gasteiger partial charge is 0.330 e. The number of esters is 1. The van der Waals surface area contributed by atoms with Crippen LogP contribution in [0.15, 0.2) is 30.3 Å². The molecule has 0 amide bonds. The number of hydrogen-bond donors (Lipinski definition) is 1. The molecule has 1 heterocycles. The molecule has 0 atom stereocenters. The third-order valence-corrected chi connectivity index (χ3v) is 4.91. The molecule has 0 fully saturated rings. The molecule has 2 rings (SSSR count). The first-order valence-corrected chi connectivity index (χ1v) is 10.1. The highest BCUT2D eigenvalue weighted by Crippen LogP contribution is 2.36. The summed E-state index contributed by atoms with van der Waals surface area (Å²) in [6, 6.07) is 6.30. The van der Waals surface area contributed by atoms with Crippen LogP contribution in [0.1, 0.15) is 68.5 Å². The number of benzene rings is 1. The van der Waals surface area contributed by atoms with Gasteiger partial charge in [0.05, 0.1) is 19.4 Å². The van der Waals surface area contributed by atoms with Crippen LogP contribution in [0.3, 0.4) is 0 Å². The molecular formula is C24H30FNO3. The molecule has 156 valence electrons. The van der Waals surface area contributed by atoms with Crippen LogP contribution >= 0.6 is 0 Å². The normalized spacial score (nSPS) is 11.4. The molecule has 0 saturated heterocycles. The van der Waals surface area contributed by atoms with E-state index in [1.807, 2.05) is 13.8 Å². The van der Waals surface area contributed by atoms with Gasteiger partial charge in [0, 0.05) is 17.3 Å². The van der Waals surface area contributed by atoms with Crippen molar-refractivity contribution in [2.24, 2.45) is 0 Å². The fraction of sp³-hybridized carbons (Fsp3) is 0.417. The van der Waals surface area contributed by atoms with Gasteiger partial charge in [0.25, 0.3) is 0 Å². The van der Waals surface area contributed by atoms with Crippen LogP contribution in [-0.4, -0.2) is 23.2 Å². The Bertz CT molecular complexity index is 857. The molecule has 4 nitrogen and oxygen atoms in total. The number of pyridine rings is 1. The number of methoxy groups -OCH3 is 1. The first kappa shape index (κ1) is 22.8. The first-order valence-electron chi connectivity index (χ1n) is 10.1. The number of nitrogens with zero attached hydrogens (tertiary/aromatic N) is 1. The molecule has 29 heavy (non-hydrogen) atoms. The molecule has 0 saturated carbocycles. The molecule has 0 unspecified atom stereocenters. The SMILES string of the molecule is CCCCCc1c(C=CC(=O)OC)nc(C(C)C)c(CO)c1-c1ccc(F)cc1. The average molecular weight is 400 g/mol. The highest BCUT2D eigenvalue weighted by atomic mass is 19.1. The summed E-state index contributed by atoms with van der Waals surface area (Å²) in [5, 5.41) is 10.2. The molecular weight excluding hydrogens is 369 g/mol. The van der Waals surface area contributed by atoms with Crippen molar-refractivity contribution in [2.45, 2.75) is 59.0 Å². The second-order valence-corrected chi connectivity index (χ2v) is 7.35. The topological polar surface area (TPSA) is 59.4 Å². The third-order valence-electron chi connectivity index (χ3n) is 4.91. The second kappa shape index (κ2) is 10.9. The van der Waals surface area contributed by atoms with Gasteiger partial charge in [-0.25, -0.2) is 9.18 Å². The van der Waals surface area contributed by atoms with Crippen LogP contribution in [0.4, 0.5) is 4.39 Å². The third kappa shape index (κ3) is 5.73. The molecule has 1 aromatic carbocycles. The lowest BCUT2D eigenvalue weighted by molar-refractivity contribution is -0.134. The number of carbonyl (C=O) groups is 1. The number of carbonyl (C=O) groups excluding carboxylic acids is 1. The van der Waals surface area contributed by atoms with Crippen molar-refractivity contribution in [3.63, 3.8) is 0 Å². The average Bonchev–Trinajstić information content (AvgIpc) is 2.72. The van der Waals surface area contributed by atoms with Gasteiger partial charge in [-0.1, -0.05) is 45.7 Å². The molecule has 5 heteroatoms. The van der Waals surface area contributed by atoms with Gasteiger partial charge < -0.3 is 9.84 Å². The van der Waals surface area contributed by atoms with E-state index in [0.29, 0.717) is 5.69 Å².